The summed E-state index contributed by atoms with van der Waals surface area (Å²) < 4.78 is 2.84. The summed E-state index contributed by atoms with van der Waals surface area (Å²) in [6.07, 6.45) is 4.86. The van der Waals surface area contributed by atoms with E-state index in [0.717, 1.165) is 6.42 Å². The molecule has 8 aromatic carbocycles. The number of thiophene rings is 1. The Morgan fingerprint density at radius 1 is 0.468 bits per heavy atom. The lowest BCUT2D eigenvalue weighted by molar-refractivity contribution is 0.195. The highest BCUT2D eigenvalue weighted by molar-refractivity contribution is 7.34. The molecule has 4 aliphatic heterocycles. The summed E-state index contributed by atoms with van der Waals surface area (Å²) in [5.41, 5.74) is 31.2. The highest BCUT2D eigenvalue weighted by Crippen LogP contribution is 2.65. The molecule has 3 nitrogen and oxygen atoms in total. The molecule has 5 heteroatoms. The lowest BCUT2D eigenvalue weighted by Crippen LogP contribution is -2.60. The Labute approximate surface area is 460 Å². The Kier molecular flexibility index (Phi) is 8.81. The van der Waals surface area contributed by atoms with Crippen molar-refractivity contribution in [3.05, 3.63) is 185 Å². The van der Waals surface area contributed by atoms with Gasteiger partial charge in [0.15, 0.2) is 0 Å². The van der Waals surface area contributed by atoms with Crippen molar-refractivity contribution in [3.63, 3.8) is 0 Å². The number of anilines is 8. The number of benzene rings is 8. The van der Waals surface area contributed by atoms with E-state index in [1.807, 2.05) is 0 Å². The third-order valence-corrected chi connectivity index (χ3v) is 22.0. The average Bonchev–Trinajstić information content (AvgIpc) is 4.29. The maximum Gasteiger partial charge on any atom is 0.264 e. The highest BCUT2D eigenvalue weighted by Gasteiger charge is 2.58. The fourth-order valence-corrected chi connectivity index (χ4v) is 17.9. The molecule has 0 radical (unpaired) electrons. The first kappa shape index (κ1) is 46.3. The van der Waals surface area contributed by atoms with Gasteiger partial charge >= 0.3 is 0 Å². The van der Waals surface area contributed by atoms with Crippen molar-refractivity contribution in [2.45, 2.75) is 141 Å². The van der Waals surface area contributed by atoms with Crippen LogP contribution in [0.5, 0.6) is 0 Å². The third-order valence-electron chi connectivity index (χ3n) is 20.8. The molecule has 380 valence electrons. The Morgan fingerprint density at radius 3 is 1.81 bits per heavy atom. The van der Waals surface area contributed by atoms with Crippen LogP contribution in [0.1, 0.15) is 148 Å². The van der Waals surface area contributed by atoms with Crippen LogP contribution in [0.3, 0.4) is 0 Å². The molecule has 2 atom stereocenters. The van der Waals surface area contributed by atoms with Crippen molar-refractivity contribution in [2.75, 3.05) is 14.7 Å². The number of rotatable bonds is 2. The molecule has 3 aliphatic carbocycles. The van der Waals surface area contributed by atoms with Crippen molar-refractivity contribution in [2.24, 2.45) is 0 Å². The van der Waals surface area contributed by atoms with Gasteiger partial charge in [0.2, 0.25) is 0 Å². The quantitative estimate of drug-likeness (QED) is 0.160. The van der Waals surface area contributed by atoms with E-state index in [1.165, 1.54) is 163 Å². The van der Waals surface area contributed by atoms with Gasteiger partial charge in [-0.25, -0.2) is 0 Å². The van der Waals surface area contributed by atoms with Gasteiger partial charge in [-0.3, -0.25) is 0 Å². The molecule has 1 fully saturated rings. The molecule has 0 bridgehead atoms. The van der Waals surface area contributed by atoms with Crippen molar-refractivity contribution in [3.8, 4) is 33.4 Å². The average molecular weight is 1020 g/mol. The molecule has 1 saturated carbocycles. The number of nitrogens with zero attached hydrogens (tertiary/aromatic N) is 3. The molecule has 0 spiro atoms. The van der Waals surface area contributed by atoms with E-state index in [-0.39, 0.29) is 39.3 Å². The van der Waals surface area contributed by atoms with Crippen molar-refractivity contribution in [1.82, 2.24) is 0 Å². The van der Waals surface area contributed by atoms with Gasteiger partial charge in [0.05, 0.1) is 22.6 Å². The highest BCUT2D eigenvalue weighted by atomic mass is 32.1. The van der Waals surface area contributed by atoms with Gasteiger partial charge in [0.25, 0.3) is 6.71 Å². The van der Waals surface area contributed by atoms with Crippen LogP contribution in [0, 0.1) is 0 Å². The molecular formula is C72H68BN3S. The second-order valence-electron chi connectivity index (χ2n) is 27.6. The van der Waals surface area contributed by atoms with E-state index in [9.17, 15) is 0 Å². The number of hydrogen-bond acceptors (Lipinski definition) is 4. The summed E-state index contributed by atoms with van der Waals surface area (Å²) in [6.45, 7) is 29.2. The summed E-state index contributed by atoms with van der Waals surface area (Å²) >= 11 is 2.06. The maximum absolute atomic E-state index is 2.81. The zero-order valence-electron chi connectivity index (χ0n) is 47.0. The third kappa shape index (κ3) is 5.60. The molecule has 2 unspecified atom stereocenters. The zero-order valence-corrected chi connectivity index (χ0v) is 47.8. The van der Waals surface area contributed by atoms with Gasteiger partial charge in [-0.2, -0.15) is 0 Å². The predicted molar refractivity (Wildman–Crippen MR) is 330 cm³/mol. The first-order valence-electron chi connectivity index (χ1n) is 28.7. The second-order valence-corrected chi connectivity index (χ2v) is 28.7. The Bertz CT molecular complexity index is 4160. The molecular weight excluding hydrogens is 950 g/mol. The van der Waals surface area contributed by atoms with Crippen LogP contribution in [0.15, 0.2) is 146 Å². The largest absolute Gasteiger partial charge is 0.334 e. The number of fused-ring (bicyclic) bond motifs is 17. The van der Waals surface area contributed by atoms with E-state index >= 15 is 0 Å². The molecule has 0 amide bonds. The smallest absolute Gasteiger partial charge is 0.264 e. The van der Waals surface area contributed by atoms with Crippen molar-refractivity contribution < 1.29 is 0 Å². The first-order chi connectivity index (χ1) is 36.7. The Balaban J connectivity index is 1.01. The standard InChI is InChI=1S/C72H68BN3S/c1-67(2,3)41-29-33-53-46(37-41)62-61-45-22-14-16-24-48(45)70(9,10)51(61)40-59-63(62)65-66(77-59)73-52-32-31-43(76-54-34-30-42(68(4,5)6)38-50(54)71(11)35-17-18-36-72(71,76)12)39-58(52)74(56-27-20-28-57(64(56)73)75(53)65)55-26-19-25-49-60(55)44-21-13-15-23-47(44)69(49,7)8/h13-16,19-34,37-40H,17-18,35-36H2,1-12H3. The fourth-order valence-electron chi connectivity index (χ4n) is 16.6. The molecule has 16 rings (SSSR count). The van der Waals surface area contributed by atoms with Crippen LogP contribution in [0.4, 0.5) is 45.5 Å². The van der Waals surface area contributed by atoms with Gasteiger partial charge in [-0.1, -0.05) is 180 Å². The van der Waals surface area contributed by atoms with Gasteiger partial charge < -0.3 is 14.7 Å². The van der Waals surface area contributed by atoms with Gasteiger partial charge in [-0.05, 0) is 152 Å². The molecule has 0 saturated heterocycles. The normalized spacial score (nSPS) is 21.0. The molecule has 77 heavy (non-hydrogen) atoms. The van der Waals surface area contributed by atoms with Crippen LogP contribution in [-0.2, 0) is 27.1 Å². The number of hydrogen-bond donors (Lipinski definition) is 0. The van der Waals surface area contributed by atoms with E-state index in [1.54, 1.807) is 0 Å². The molecule has 0 N–H and O–H groups in total. The van der Waals surface area contributed by atoms with Crippen LogP contribution in [0.25, 0.3) is 43.5 Å². The molecule has 7 aliphatic rings. The van der Waals surface area contributed by atoms with Crippen molar-refractivity contribution >= 4 is 89.3 Å². The SMILES string of the molecule is CC(C)(C)c1ccc2c(c1)-c1c3c(cc4sc5c(c14)N2c1cccc2c1B5c1ccc(N4c5ccc(C(C)(C)C)cc5C5(C)CCCCC45C)cc1N2c1cccc2c1-c1ccccc1C2(C)C)C(C)(C)c1ccccc1-3. The van der Waals surface area contributed by atoms with Gasteiger partial charge in [-0.15, -0.1) is 11.3 Å². The minimum Gasteiger partial charge on any atom is -0.334 e. The molecule has 5 heterocycles. The van der Waals surface area contributed by atoms with Crippen LogP contribution in [-0.4, -0.2) is 12.3 Å². The van der Waals surface area contributed by atoms with E-state index in [2.05, 4.69) is 255 Å². The summed E-state index contributed by atoms with van der Waals surface area (Å²) in [7, 11) is 0. The monoisotopic (exact) mass is 1020 g/mol. The minimum atomic E-state index is -0.144. The maximum atomic E-state index is 2.81. The Hall–Kier alpha value is -6.82. The van der Waals surface area contributed by atoms with Crippen LogP contribution in [0.2, 0.25) is 0 Å². The zero-order chi connectivity index (χ0) is 52.8. The Morgan fingerprint density at radius 2 is 1.08 bits per heavy atom. The van der Waals surface area contributed by atoms with Crippen molar-refractivity contribution in [1.29, 1.82) is 0 Å². The van der Waals surface area contributed by atoms with E-state index in [4.69, 9.17) is 0 Å². The summed E-state index contributed by atoms with van der Waals surface area (Å²) in [4.78, 5) is 8.24. The lowest BCUT2D eigenvalue weighted by atomic mass is 9.36. The summed E-state index contributed by atoms with van der Waals surface area (Å²) in [6, 6.07) is 58.2. The van der Waals surface area contributed by atoms with E-state index < -0.39 is 0 Å². The predicted octanol–water partition coefficient (Wildman–Crippen LogP) is 17.9. The summed E-state index contributed by atoms with van der Waals surface area (Å²) in [5.74, 6) is 0. The van der Waals surface area contributed by atoms with Crippen LogP contribution < -0.4 is 30.4 Å². The van der Waals surface area contributed by atoms with Gasteiger partial charge in [0, 0.05) is 76.2 Å². The van der Waals surface area contributed by atoms with Gasteiger partial charge in [0.1, 0.15) is 0 Å². The fraction of sp³-hybridized carbons (Fsp3) is 0.306. The lowest BCUT2D eigenvalue weighted by Gasteiger charge is -2.50. The summed E-state index contributed by atoms with van der Waals surface area (Å²) in [5, 5.41) is 1.42. The van der Waals surface area contributed by atoms with E-state index in [0.29, 0.717) is 0 Å². The second kappa shape index (κ2) is 14.6. The minimum absolute atomic E-state index is 0.0120. The molecule has 9 aromatic rings. The topological polar surface area (TPSA) is 9.72 Å². The molecule has 1 aromatic heterocycles. The van der Waals surface area contributed by atoms with Crippen LogP contribution >= 0.6 is 11.3 Å². The first-order valence-corrected chi connectivity index (χ1v) is 29.5.